The van der Waals surface area contributed by atoms with Crippen LogP contribution in [0.5, 0.6) is 0 Å². The molecule has 0 saturated carbocycles. The number of thioether (sulfide) groups is 1. The Balaban J connectivity index is 2.55. The molecular formula is C11H7F2NO3S. The fraction of sp³-hybridized carbons (Fsp3) is 0.0909. The lowest BCUT2D eigenvalue weighted by atomic mass is 10.1. The van der Waals surface area contributed by atoms with Gasteiger partial charge in [0.25, 0.3) is 0 Å². The smallest absolute Gasteiger partial charge is 0.358 e. The van der Waals surface area contributed by atoms with Gasteiger partial charge in [-0.2, -0.15) is 0 Å². The highest BCUT2D eigenvalue weighted by atomic mass is 32.2. The van der Waals surface area contributed by atoms with Gasteiger partial charge in [-0.25, -0.2) is 13.6 Å². The van der Waals surface area contributed by atoms with Crippen LogP contribution in [-0.4, -0.2) is 22.5 Å². The van der Waals surface area contributed by atoms with Crippen molar-refractivity contribution in [1.82, 2.24) is 5.16 Å². The lowest BCUT2D eigenvalue weighted by Gasteiger charge is -2.03. The van der Waals surface area contributed by atoms with E-state index in [1.165, 1.54) is 0 Å². The molecule has 0 spiro atoms. The van der Waals surface area contributed by atoms with Gasteiger partial charge in [0.2, 0.25) is 0 Å². The van der Waals surface area contributed by atoms with E-state index in [4.69, 9.17) is 9.63 Å². The molecule has 0 bridgehead atoms. The first-order chi connectivity index (χ1) is 8.52. The standard InChI is InChI=1S/C11H7F2NO3S/c1-18-9-3-5(12)2-6(10(9)13)8-4-7(11(15)16)14-17-8/h2-4H,1H3,(H,15,16). The number of aromatic carboxylic acids is 1. The molecule has 0 saturated heterocycles. The summed E-state index contributed by atoms with van der Waals surface area (Å²) in [5.74, 6) is -2.73. The maximum atomic E-state index is 13.9. The monoisotopic (exact) mass is 271 g/mol. The van der Waals surface area contributed by atoms with Crippen molar-refractivity contribution in [3.8, 4) is 11.3 Å². The predicted octanol–water partition coefficient (Wildman–Crippen LogP) is 3.04. The fourth-order valence-corrected chi connectivity index (χ4v) is 1.91. The Bertz CT molecular complexity index is 612. The van der Waals surface area contributed by atoms with Gasteiger partial charge in [-0.15, -0.1) is 11.8 Å². The van der Waals surface area contributed by atoms with E-state index in [0.29, 0.717) is 0 Å². The molecular weight excluding hydrogens is 264 g/mol. The molecule has 0 radical (unpaired) electrons. The second-order valence-electron chi connectivity index (χ2n) is 3.35. The van der Waals surface area contributed by atoms with E-state index < -0.39 is 17.6 Å². The lowest BCUT2D eigenvalue weighted by molar-refractivity contribution is 0.0686. The molecule has 2 rings (SSSR count). The Morgan fingerprint density at radius 2 is 2.11 bits per heavy atom. The SMILES string of the molecule is CSc1cc(F)cc(-c2cc(C(=O)O)no2)c1F. The second kappa shape index (κ2) is 4.77. The summed E-state index contributed by atoms with van der Waals surface area (Å²) in [5, 5.41) is 11.9. The number of hydrogen-bond donors (Lipinski definition) is 1. The summed E-state index contributed by atoms with van der Waals surface area (Å²) in [7, 11) is 0. The highest BCUT2D eigenvalue weighted by molar-refractivity contribution is 7.98. The molecule has 0 unspecified atom stereocenters. The van der Waals surface area contributed by atoms with Crippen LogP contribution < -0.4 is 0 Å². The molecule has 0 atom stereocenters. The van der Waals surface area contributed by atoms with Crippen LogP contribution in [0, 0.1) is 11.6 Å². The Morgan fingerprint density at radius 3 is 2.67 bits per heavy atom. The van der Waals surface area contributed by atoms with Crippen molar-refractivity contribution in [3.63, 3.8) is 0 Å². The van der Waals surface area contributed by atoms with Crippen molar-refractivity contribution in [3.05, 3.63) is 35.5 Å². The second-order valence-corrected chi connectivity index (χ2v) is 4.20. The number of hydrogen-bond acceptors (Lipinski definition) is 4. The van der Waals surface area contributed by atoms with Gasteiger partial charge < -0.3 is 9.63 Å². The lowest BCUT2D eigenvalue weighted by Crippen LogP contribution is -1.94. The van der Waals surface area contributed by atoms with Crippen LogP contribution in [0.25, 0.3) is 11.3 Å². The van der Waals surface area contributed by atoms with Gasteiger partial charge >= 0.3 is 5.97 Å². The summed E-state index contributed by atoms with van der Waals surface area (Å²) < 4.78 is 31.9. The van der Waals surface area contributed by atoms with Crippen LogP contribution in [0.15, 0.2) is 27.6 Å². The van der Waals surface area contributed by atoms with Gasteiger partial charge in [-0.05, 0) is 18.4 Å². The first-order valence-electron chi connectivity index (χ1n) is 4.76. The van der Waals surface area contributed by atoms with E-state index in [0.717, 1.165) is 30.0 Å². The molecule has 0 fully saturated rings. The molecule has 1 aromatic heterocycles. The zero-order chi connectivity index (χ0) is 13.3. The minimum atomic E-state index is -1.30. The molecule has 0 aliphatic rings. The Kier molecular flexibility index (Phi) is 3.33. The minimum Gasteiger partial charge on any atom is -0.476 e. The van der Waals surface area contributed by atoms with Crippen molar-refractivity contribution in [2.75, 3.05) is 6.26 Å². The zero-order valence-corrected chi connectivity index (χ0v) is 9.92. The van der Waals surface area contributed by atoms with E-state index in [-0.39, 0.29) is 21.9 Å². The third-order valence-corrected chi connectivity index (χ3v) is 2.96. The van der Waals surface area contributed by atoms with Gasteiger partial charge in [-0.1, -0.05) is 5.16 Å². The summed E-state index contributed by atoms with van der Waals surface area (Å²) in [4.78, 5) is 10.7. The average Bonchev–Trinajstić information content (AvgIpc) is 2.81. The maximum absolute atomic E-state index is 13.9. The van der Waals surface area contributed by atoms with Crippen LogP contribution in [-0.2, 0) is 0 Å². The summed E-state index contributed by atoms with van der Waals surface area (Å²) in [5.41, 5.74) is -0.515. The Hall–Kier alpha value is -1.89. The molecule has 0 amide bonds. The third kappa shape index (κ3) is 2.21. The van der Waals surface area contributed by atoms with Crippen LogP contribution in [0.2, 0.25) is 0 Å². The van der Waals surface area contributed by atoms with Crippen molar-refractivity contribution in [2.24, 2.45) is 0 Å². The van der Waals surface area contributed by atoms with Gasteiger partial charge in [0.1, 0.15) is 11.6 Å². The molecule has 2 aromatic rings. The molecule has 0 aliphatic heterocycles. The van der Waals surface area contributed by atoms with Crippen molar-refractivity contribution >= 4 is 17.7 Å². The average molecular weight is 271 g/mol. The van der Waals surface area contributed by atoms with Gasteiger partial charge in [0.05, 0.1) is 5.56 Å². The third-order valence-electron chi connectivity index (χ3n) is 2.22. The number of aromatic nitrogens is 1. The summed E-state index contributed by atoms with van der Waals surface area (Å²) in [6.45, 7) is 0. The number of halogens is 2. The maximum Gasteiger partial charge on any atom is 0.358 e. The van der Waals surface area contributed by atoms with Crippen LogP contribution >= 0.6 is 11.8 Å². The number of carboxylic acids is 1. The predicted molar refractivity (Wildman–Crippen MR) is 60.6 cm³/mol. The van der Waals surface area contributed by atoms with Crippen molar-refractivity contribution in [2.45, 2.75) is 4.90 Å². The number of benzene rings is 1. The molecule has 1 heterocycles. The molecule has 7 heteroatoms. The topological polar surface area (TPSA) is 63.3 Å². The van der Waals surface area contributed by atoms with Crippen molar-refractivity contribution < 1.29 is 23.2 Å². The summed E-state index contributed by atoms with van der Waals surface area (Å²) in [6, 6.07) is 3.03. The minimum absolute atomic E-state index is 0.110. The normalized spacial score (nSPS) is 10.6. The number of carboxylic acid groups (broad SMARTS) is 1. The molecule has 1 N–H and O–H groups in total. The highest BCUT2D eigenvalue weighted by Gasteiger charge is 2.18. The first-order valence-corrected chi connectivity index (χ1v) is 5.99. The van der Waals surface area contributed by atoms with Gasteiger partial charge in [0.15, 0.2) is 11.5 Å². The van der Waals surface area contributed by atoms with Gasteiger partial charge in [0, 0.05) is 11.0 Å². The fourth-order valence-electron chi connectivity index (χ4n) is 1.40. The number of rotatable bonds is 3. The zero-order valence-electron chi connectivity index (χ0n) is 9.11. The molecule has 1 aromatic carbocycles. The van der Waals surface area contributed by atoms with Crippen LogP contribution in [0.4, 0.5) is 8.78 Å². The van der Waals surface area contributed by atoms with E-state index in [1.807, 2.05) is 0 Å². The van der Waals surface area contributed by atoms with Crippen LogP contribution in [0.1, 0.15) is 10.5 Å². The summed E-state index contributed by atoms with van der Waals surface area (Å²) in [6.07, 6.45) is 1.60. The van der Waals surface area contributed by atoms with E-state index in [2.05, 4.69) is 5.16 Å². The van der Waals surface area contributed by atoms with Crippen LogP contribution in [0.3, 0.4) is 0 Å². The number of carbonyl (C=O) groups is 1. The molecule has 0 aliphatic carbocycles. The van der Waals surface area contributed by atoms with E-state index in [1.54, 1.807) is 6.26 Å². The quantitative estimate of drug-likeness (QED) is 0.869. The first kappa shape index (κ1) is 12.6. The highest BCUT2D eigenvalue weighted by Crippen LogP contribution is 2.31. The van der Waals surface area contributed by atoms with Crippen molar-refractivity contribution in [1.29, 1.82) is 0 Å². The Labute approximate surface area is 105 Å². The van der Waals surface area contributed by atoms with Gasteiger partial charge in [-0.3, -0.25) is 0 Å². The number of nitrogens with zero attached hydrogens (tertiary/aromatic N) is 1. The largest absolute Gasteiger partial charge is 0.476 e. The van der Waals surface area contributed by atoms with E-state index >= 15 is 0 Å². The molecule has 94 valence electrons. The summed E-state index contributed by atoms with van der Waals surface area (Å²) >= 11 is 1.04. The Morgan fingerprint density at radius 1 is 1.39 bits per heavy atom. The molecule has 18 heavy (non-hydrogen) atoms. The van der Waals surface area contributed by atoms with E-state index in [9.17, 15) is 13.6 Å². The molecule has 4 nitrogen and oxygen atoms in total.